The van der Waals surface area contributed by atoms with Gasteiger partial charge in [0.2, 0.25) is 0 Å². The lowest BCUT2D eigenvalue weighted by molar-refractivity contribution is 0.0894. The minimum absolute atomic E-state index is 0.192. The summed E-state index contributed by atoms with van der Waals surface area (Å²) >= 11 is 6.41. The average molecular weight is 360 g/mol. The fraction of sp³-hybridized carbons (Fsp3) is 0.368. The quantitative estimate of drug-likeness (QED) is 0.858. The second-order valence-electron chi connectivity index (χ2n) is 6.10. The second-order valence-corrected chi connectivity index (χ2v) is 6.50. The Kier molecular flexibility index (Phi) is 5.89. The maximum atomic E-state index is 12.6. The summed E-state index contributed by atoms with van der Waals surface area (Å²) in [6.45, 7) is 2.38. The third-order valence-electron chi connectivity index (χ3n) is 4.34. The molecule has 0 spiro atoms. The van der Waals surface area contributed by atoms with E-state index in [1.165, 1.54) is 12.8 Å². The summed E-state index contributed by atoms with van der Waals surface area (Å²) in [5.41, 5.74) is 2.29. The van der Waals surface area contributed by atoms with Crippen molar-refractivity contribution >= 4 is 23.2 Å². The van der Waals surface area contributed by atoms with Crippen molar-refractivity contribution in [2.75, 3.05) is 31.7 Å². The smallest absolute Gasteiger partial charge is 0.251 e. The zero-order valence-electron chi connectivity index (χ0n) is 14.2. The molecule has 2 heterocycles. The first-order valence-electron chi connectivity index (χ1n) is 8.44. The number of anilines is 1. The Morgan fingerprint density at radius 1 is 1.32 bits per heavy atom. The molecule has 1 aliphatic rings. The summed E-state index contributed by atoms with van der Waals surface area (Å²) < 4.78 is 5.22. The number of benzene rings is 1. The molecule has 0 unspecified atom stereocenters. The van der Waals surface area contributed by atoms with Crippen molar-refractivity contribution in [1.29, 1.82) is 0 Å². The molecule has 25 heavy (non-hydrogen) atoms. The second kappa shape index (κ2) is 8.32. The van der Waals surface area contributed by atoms with E-state index >= 15 is 0 Å². The molecule has 3 rings (SSSR count). The van der Waals surface area contributed by atoms with E-state index in [2.05, 4.69) is 15.2 Å². The maximum absolute atomic E-state index is 12.6. The van der Waals surface area contributed by atoms with Gasteiger partial charge in [0.05, 0.1) is 29.1 Å². The van der Waals surface area contributed by atoms with Crippen molar-refractivity contribution in [2.24, 2.45) is 0 Å². The summed E-state index contributed by atoms with van der Waals surface area (Å²) in [7, 11) is 1.60. The number of nitrogens with zero attached hydrogens (tertiary/aromatic N) is 2. The predicted molar refractivity (Wildman–Crippen MR) is 99.2 cm³/mol. The first-order chi connectivity index (χ1) is 12.2. The van der Waals surface area contributed by atoms with Crippen molar-refractivity contribution in [2.45, 2.75) is 18.9 Å². The lowest BCUT2D eigenvalue weighted by atomic mass is 10.1. The monoisotopic (exact) mass is 359 g/mol. The SMILES string of the molecule is COC[C@H](NC(=O)c1ccc(N2CCCC2)c(Cl)c1)c1ccccn1. The highest BCUT2D eigenvalue weighted by Gasteiger charge is 2.19. The van der Waals surface area contributed by atoms with Crippen molar-refractivity contribution in [3.8, 4) is 0 Å². The van der Waals surface area contributed by atoms with Crippen LogP contribution < -0.4 is 10.2 Å². The van der Waals surface area contributed by atoms with Crippen molar-refractivity contribution in [1.82, 2.24) is 10.3 Å². The summed E-state index contributed by atoms with van der Waals surface area (Å²) in [6, 6.07) is 10.8. The number of carbonyl (C=O) groups excluding carboxylic acids is 1. The standard InChI is InChI=1S/C19H22ClN3O2/c1-25-13-17(16-6-2-3-9-21-16)22-19(24)14-7-8-18(15(20)12-14)23-10-4-5-11-23/h2-3,6-9,12,17H,4-5,10-11,13H2,1H3,(H,22,24)/t17-/m0/s1. The van der Waals surface area contributed by atoms with E-state index in [4.69, 9.17) is 16.3 Å². The van der Waals surface area contributed by atoms with E-state index in [-0.39, 0.29) is 11.9 Å². The summed E-state index contributed by atoms with van der Waals surface area (Å²) in [5, 5.41) is 3.58. The molecule has 0 saturated carbocycles. The Balaban J connectivity index is 1.74. The molecule has 1 aromatic carbocycles. The van der Waals surface area contributed by atoms with Gasteiger partial charge in [0.1, 0.15) is 0 Å². The largest absolute Gasteiger partial charge is 0.382 e. The van der Waals surface area contributed by atoms with Crippen LogP contribution in [-0.2, 0) is 4.74 Å². The third kappa shape index (κ3) is 4.30. The molecule has 0 radical (unpaired) electrons. The van der Waals surface area contributed by atoms with Crippen LogP contribution in [-0.4, -0.2) is 37.7 Å². The van der Waals surface area contributed by atoms with Gasteiger partial charge in [-0.3, -0.25) is 9.78 Å². The molecule has 1 N–H and O–H groups in total. The molecular weight excluding hydrogens is 338 g/mol. The van der Waals surface area contributed by atoms with Crippen LogP contribution in [0.3, 0.4) is 0 Å². The normalized spacial score (nSPS) is 15.2. The molecule has 5 nitrogen and oxygen atoms in total. The fourth-order valence-electron chi connectivity index (χ4n) is 3.05. The summed E-state index contributed by atoms with van der Waals surface area (Å²) in [4.78, 5) is 19.2. The number of methoxy groups -OCH3 is 1. The van der Waals surface area contributed by atoms with E-state index in [1.807, 2.05) is 30.3 Å². The van der Waals surface area contributed by atoms with Gasteiger partial charge in [0.25, 0.3) is 5.91 Å². The molecule has 0 aliphatic carbocycles. The van der Waals surface area contributed by atoms with Gasteiger partial charge in [-0.15, -0.1) is 0 Å². The molecule has 0 bridgehead atoms. The van der Waals surface area contributed by atoms with E-state index in [0.717, 1.165) is 24.5 Å². The van der Waals surface area contributed by atoms with Crippen LogP contribution in [0.1, 0.15) is 34.9 Å². The Morgan fingerprint density at radius 3 is 2.76 bits per heavy atom. The number of hydrogen-bond acceptors (Lipinski definition) is 4. The third-order valence-corrected chi connectivity index (χ3v) is 4.64. The molecule has 1 fully saturated rings. The molecule has 1 aromatic heterocycles. The van der Waals surface area contributed by atoms with Gasteiger partial charge in [-0.1, -0.05) is 17.7 Å². The van der Waals surface area contributed by atoms with E-state index < -0.39 is 0 Å². The summed E-state index contributed by atoms with van der Waals surface area (Å²) in [5.74, 6) is -0.192. The number of aromatic nitrogens is 1. The van der Waals surface area contributed by atoms with Gasteiger partial charge >= 0.3 is 0 Å². The van der Waals surface area contributed by atoms with Crippen LogP contribution in [0.15, 0.2) is 42.6 Å². The highest BCUT2D eigenvalue weighted by molar-refractivity contribution is 6.33. The molecule has 1 amide bonds. The lowest BCUT2D eigenvalue weighted by Gasteiger charge is -2.20. The molecular formula is C19H22ClN3O2. The van der Waals surface area contributed by atoms with Crippen molar-refractivity contribution in [3.63, 3.8) is 0 Å². The average Bonchev–Trinajstić information content (AvgIpc) is 3.16. The Morgan fingerprint density at radius 2 is 2.12 bits per heavy atom. The van der Waals surface area contributed by atoms with Gasteiger partial charge in [0, 0.05) is 32.0 Å². The number of nitrogens with one attached hydrogen (secondary N) is 1. The molecule has 132 valence electrons. The minimum atomic E-state index is -0.310. The first kappa shape index (κ1) is 17.7. The Labute approximate surface area is 153 Å². The summed E-state index contributed by atoms with van der Waals surface area (Å²) in [6.07, 6.45) is 4.06. The first-order valence-corrected chi connectivity index (χ1v) is 8.82. The van der Waals surface area contributed by atoms with Gasteiger partial charge in [-0.2, -0.15) is 0 Å². The molecule has 6 heteroatoms. The topological polar surface area (TPSA) is 54.5 Å². The number of hydrogen-bond donors (Lipinski definition) is 1. The van der Waals surface area contributed by atoms with Crippen LogP contribution in [0, 0.1) is 0 Å². The Hall–Kier alpha value is -2.11. The molecule has 2 aromatic rings. The zero-order chi connectivity index (χ0) is 17.6. The number of carbonyl (C=O) groups is 1. The van der Waals surface area contributed by atoms with E-state index in [9.17, 15) is 4.79 Å². The van der Waals surface area contributed by atoms with Crippen LogP contribution >= 0.6 is 11.6 Å². The predicted octanol–water partition coefficient (Wildman–Crippen LogP) is 3.45. The highest BCUT2D eigenvalue weighted by atomic mass is 35.5. The van der Waals surface area contributed by atoms with E-state index in [1.54, 1.807) is 19.4 Å². The van der Waals surface area contributed by atoms with Gasteiger partial charge < -0.3 is 15.0 Å². The van der Waals surface area contributed by atoms with Crippen molar-refractivity contribution < 1.29 is 9.53 Å². The van der Waals surface area contributed by atoms with Crippen LogP contribution in [0.25, 0.3) is 0 Å². The van der Waals surface area contributed by atoms with Crippen LogP contribution in [0.4, 0.5) is 5.69 Å². The maximum Gasteiger partial charge on any atom is 0.251 e. The lowest BCUT2D eigenvalue weighted by Crippen LogP contribution is -2.32. The number of pyridine rings is 1. The molecule has 1 atom stereocenters. The molecule has 1 aliphatic heterocycles. The van der Waals surface area contributed by atoms with Crippen LogP contribution in [0.5, 0.6) is 0 Å². The van der Waals surface area contributed by atoms with Gasteiger partial charge in [-0.25, -0.2) is 0 Å². The number of halogens is 1. The highest BCUT2D eigenvalue weighted by Crippen LogP contribution is 2.29. The molecule has 1 saturated heterocycles. The van der Waals surface area contributed by atoms with Gasteiger partial charge in [0.15, 0.2) is 0 Å². The Bertz CT molecular complexity index is 718. The minimum Gasteiger partial charge on any atom is -0.382 e. The number of amides is 1. The van der Waals surface area contributed by atoms with Crippen molar-refractivity contribution in [3.05, 3.63) is 58.9 Å². The fourth-order valence-corrected chi connectivity index (χ4v) is 3.35. The number of ether oxygens (including phenoxy) is 1. The number of rotatable bonds is 6. The van der Waals surface area contributed by atoms with Crippen LogP contribution in [0.2, 0.25) is 5.02 Å². The van der Waals surface area contributed by atoms with E-state index in [0.29, 0.717) is 17.2 Å². The van der Waals surface area contributed by atoms with Gasteiger partial charge in [-0.05, 0) is 43.2 Å². The zero-order valence-corrected chi connectivity index (χ0v) is 15.0.